The Morgan fingerprint density at radius 2 is 2.11 bits per heavy atom. The molecular formula is C12H13N3O2S2. The molecular weight excluding hydrogens is 282 g/mol. The molecule has 1 N–H and O–H groups in total. The minimum absolute atomic E-state index is 0.259. The van der Waals surface area contributed by atoms with Crippen molar-refractivity contribution in [3.8, 4) is 0 Å². The van der Waals surface area contributed by atoms with E-state index in [2.05, 4.69) is 14.3 Å². The van der Waals surface area contributed by atoms with E-state index >= 15 is 0 Å². The van der Waals surface area contributed by atoms with Gasteiger partial charge in [0, 0.05) is 12.1 Å². The van der Waals surface area contributed by atoms with Crippen molar-refractivity contribution in [1.29, 1.82) is 0 Å². The van der Waals surface area contributed by atoms with Crippen LogP contribution in [-0.2, 0) is 12.8 Å². The molecule has 2 heterocycles. The van der Waals surface area contributed by atoms with Gasteiger partial charge in [-0.25, -0.2) is 14.8 Å². The van der Waals surface area contributed by atoms with Gasteiger partial charge in [0.2, 0.25) is 0 Å². The molecule has 0 saturated carbocycles. The highest BCUT2D eigenvalue weighted by Gasteiger charge is 2.11. The number of hydrogen-bond donors (Lipinski definition) is 1. The van der Waals surface area contributed by atoms with Crippen molar-refractivity contribution in [1.82, 2.24) is 14.3 Å². The molecule has 0 bridgehead atoms. The summed E-state index contributed by atoms with van der Waals surface area (Å²) in [7, 11) is 0. The monoisotopic (exact) mass is 295 g/mol. The van der Waals surface area contributed by atoms with E-state index in [1.165, 1.54) is 23.3 Å². The number of pyridine rings is 1. The standard InChI is InChI=1S/C12H13N3O2S2/c1-3-8-5-7(11(16)17)6-10(13-8)18-12-14-9(4-2)15-19-12/h5-6H,3-4H2,1-2H3,(H,16,17). The van der Waals surface area contributed by atoms with E-state index in [1.807, 2.05) is 13.8 Å². The SMILES string of the molecule is CCc1cc(C(=O)O)cc(Sc2nc(CC)ns2)n1. The van der Waals surface area contributed by atoms with Crippen molar-refractivity contribution in [3.05, 3.63) is 29.2 Å². The third-order valence-electron chi connectivity index (χ3n) is 2.42. The van der Waals surface area contributed by atoms with Gasteiger partial charge < -0.3 is 5.11 Å². The number of carbonyl (C=O) groups is 1. The van der Waals surface area contributed by atoms with Crippen LogP contribution in [0.4, 0.5) is 0 Å². The summed E-state index contributed by atoms with van der Waals surface area (Å²) in [4.78, 5) is 19.8. The third kappa shape index (κ3) is 3.51. The molecule has 100 valence electrons. The van der Waals surface area contributed by atoms with Crippen LogP contribution in [0, 0.1) is 0 Å². The smallest absolute Gasteiger partial charge is 0.335 e. The number of aryl methyl sites for hydroxylation is 2. The molecule has 0 aliphatic carbocycles. The fourth-order valence-corrected chi connectivity index (χ4v) is 3.12. The van der Waals surface area contributed by atoms with Crippen LogP contribution < -0.4 is 0 Å². The molecule has 5 nitrogen and oxygen atoms in total. The van der Waals surface area contributed by atoms with E-state index in [4.69, 9.17) is 5.11 Å². The van der Waals surface area contributed by atoms with Gasteiger partial charge in [-0.2, -0.15) is 4.37 Å². The zero-order valence-corrected chi connectivity index (χ0v) is 12.2. The Hall–Kier alpha value is -1.47. The maximum Gasteiger partial charge on any atom is 0.335 e. The highest BCUT2D eigenvalue weighted by atomic mass is 32.2. The maximum absolute atomic E-state index is 11.1. The lowest BCUT2D eigenvalue weighted by atomic mass is 10.2. The summed E-state index contributed by atoms with van der Waals surface area (Å²) in [6.45, 7) is 3.94. The van der Waals surface area contributed by atoms with Gasteiger partial charge in [0.1, 0.15) is 10.9 Å². The first kappa shape index (κ1) is 14.0. The van der Waals surface area contributed by atoms with Crippen molar-refractivity contribution in [2.24, 2.45) is 0 Å². The number of rotatable bonds is 5. The Morgan fingerprint density at radius 3 is 2.68 bits per heavy atom. The second-order valence-corrected chi connectivity index (χ2v) is 5.80. The van der Waals surface area contributed by atoms with Crippen molar-refractivity contribution in [2.75, 3.05) is 0 Å². The summed E-state index contributed by atoms with van der Waals surface area (Å²) in [5, 5.41) is 9.72. The van der Waals surface area contributed by atoms with Crippen molar-refractivity contribution in [3.63, 3.8) is 0 Å². The lowest BCUT2D eigenvalue weighted by Crippen LogP contribution is -2.00. The molecule has 2 aromatic rings. The van der Waals surface area contributed by atoms with E-state index in [0.717, 1.165) is 22.3 Å². The van der Waals surface area contributed by atoms with Crippen LogP contribution in [0.25, 0.3) is 0 Å². The minimum atomic E-state index is -0.939. The lowest BCUT2D eigenvalue weighted by Gasteiger charge is -2.03. The first-order valence-corrected chi connectivity index (χ1v) is 7.46. The Balaban J connectivity index is 2.28. The summed E-state index contributed by atoms with van der Waals surface area (Å²) in [5.41, 5.74) is 1.03. The lowest BCUT2D eigenvalue weighted by molar-refractivity contribution is 0.0696. The Kier molecular flexibility index (Phi) is 4.49. The molecule has 0 fully saturated rings. The molecule has 0 aromatic carbocycles. The highest BCUT2D eigenvalue weighted by Crippen LogP contribution is 2.28. The van der Waals surface area contributed by atoms with Crippen LogP contribution in [-0.4, -0.2) is 25.4 Å². The zero-order valence-electron chi connectivity index (χ0n) is 10.6. The largest absolute Gasteiger partial charge is 0.478 e. The third-order valence-corrected chi connectivity index (χ3v) is 4.13. The van der Waals surface area contributed by atoms with E-state index < -0.39 is 5.97 Å². The summed E-state index contributed by atoms with van der Waals surface area (Å²) in [5.74, 6) is -0.136. The van der Waals surface area contributed by atoms with Crippen LogP contribution in [0.3, 0.4) is 0 Å². The Bertz CT molecular complexity index is 598. The van der Waals surface area contributed by atoms with Gasteiger partial charge in [-0.15, -0.1) is 0 Å². The minimum Gasteiger partial charge on any atom is -0.478 e. The van der Waals surface area contributed by atoms with Crippen LogP contribution in [0.5, 0.6) is 0 Å². The molecule has 19 heavy (non-hydrogen) atoms. The fourth-order valence-electron chi connectivity index (χ4n) is 1.43. The molecule has 0 atom stereocenters. The summed E-state index contributed by atoms with van der Waals surface area (Å²) >= 11 is 2.67. The maximum atomic E-state index is 11.1. The second-order valence-electron chi connectivity index (χ2n) is 3.78. The molecule has 0 unspecified atom stereocenters. The Morgan fingerprint density at radius 1 is 1.32 bits per heavy atom. The topological polar surface area (TPSA) is 76.0 Å². The van der Waals surface area contributed by atoms with Gasteiger partial charge in [-0.1, -0.05) is 13.8 Å². The highest BCUT2D eigenvalue weighted by molar-refractivity contribution is 8.00. The van der Waals surface area contributed by atoms with Crippen LogP contribution in [0.1, 0.15) is 35.7 Å². The van der Waals surface area contributed by atoms with Crippen molar-refractivity contribution in [2.45, 2.75) is 36.1 Å². The van der Waals surface area contributed by atoms with E-state index in [0.29, 0.717) is 11.4 Å². The van der Waals surface area contributed by atoms with E-state index in [9.17, 15) is 4.79 Å². The predicted molar refractivity (Wildman–Crippen MR) is 74.0 cm³/mol. The molecule has 2 aromatic heterocycles. The van der Waals surface area contributed by atoms with Crippen molar-refractivity contribution < 1.29 is 9.90 Å². The Labute approximate surface area is 119 Å². The van der Waals surface area contributed by atoms with E-state index in [-0.39, 0.29) is 5.56 Å². The predicted octanol–water partition coefficient (Wildman–Crippen LogP) is 2.91. The average Bonchev–Trinajstić information content (AvgIpc) is 2.85. The molecule has 0 radical (unpaired) electrons. The number of nitrogens with zero attached hydrogens (tertiary/aromatic N) is 3. The molecule has 0 aliphatic rings. The van der Waals surface area contributed by atoms with Crippen molar-refractivity contribution >= 4 is 29.3 Å². The summed E-state index contributed by atoms with van der Waals surface area (Å²) in [6.07, 6.45) is 1.49. The first-order valence-electron chi connectivity index (χ1n) is 5.87. The number of aromatic carboxylic acids is 1. The first-order chi connectivity index (χ1) is 9.12. The molecule has 2 rings (SSSR count). The van der Waals surface area contributed by atoms with Crippen LogP contribution in [0.15, 0.2) is 21.5 Å². The van der Waals surface area contributed by atoms with E-state index in [1.54, 1.807) is 12.1 Å². The zero-order chi connectivity index (χ0) is 13.8. The number of hydrogen-bond acceptors (Lipinski definition) is 6. The second kappa shape index (κ2) is 6.12. The number of carboxylic acids is 1. The van der Waals surface area contributed by atoms with Crippen LogP contribution >= 0.6 is 23.3 Å². The molecule has 0 aliphatic heterocycles. The van der Waals surface area contributed by atoms with Gasteiger partial charge in [0.05, 0.1) is 5.56 Å². The van der Waals surface area contributed by atoms with Gasteiger partial charge in [-0.3, -0.25) is 0 Å². The number of carboxylic acid groups (broad SMARTS) is 1. The molecule has 0 saturated heterocycles. The average molecular weight is 295 g/mol. The summed E-state index contributed by atoms with van der Waals surface area (Å²) < 4.78 is 4.98. The normalized spacial score (nSPS) is 10.6. The molecule has 0 spiro atoms. The quantitative estimate of drug-likeness (QED) is 0.914. The molecule has 7 heteroatoms. The van der Waals surface area contributed by atoms with Gasteiger partial charge in [-0.05, 0) is 41.8 Å². The van der Waals surface area contributed by atoms with Gasteiger partial charge in [0.15, 0.2) is 4.34 Å². The van der Waals surface area contributed by atoms with Gasteiger partial charge in [0.25, 0.3) is 0 Å². The fraction of sp³-hybridized carbons (Fsp3) is 0.333. The van der Waals surface area contributed by atoms with Crippen LogP contribution in [0.2, 0.25) is 0 Å². The number of aromatic nitrogens is 3. The summed E-state index contributed by atoms with van der Waals surface area (Å²) in [6, 6.07) is 3.17. The molecule has 0 amide bonds. The van der Waals surface area contributed by atoms with Gasteiger partial charge >= 0.3 is 5.97 Å².